The average molecular weight is 315 g/mol. The Labute approximate surface area is 136 Å². The highest BCUT2D eigenvalue weighted by atomic mass is 16.5. The van der Waals surface area contributed by atoms with E-state index in [9.17, 15) is 9.59 Å². The van der Waals surface area contributed by atoms with Crippen molar-refractivity contribution in [2.75, 3.05) is 26.7 Å². The van der Waals surface area contributed by atoms with E-state index in [2.05, 4.69) is 5.32 Å². The Balaban J connectivity index is 1.85. The molecule has 1 fully saturated rings. The van der Waals surface area contributed by atoms with E-state index in [1.807, 2.05) is 23.1 Å². The van der Waals surface area contributed by atoms with Crippen LogP contribution >= 0.6 is 0 Å². The smallest absolute Gasteiger partial charge is 0.257 e. The van der Waals surface area contributed by atoms with Crippen molar-refractivity contribution in [1.29, 1.82) is 5.26 Å². The highest BCUT2D eigenvalue weighted by Crippen LogP contribution is 2.23. The second-order valence-electron chi connectivity index (χ2n) is 5.57. The topological polar surface area (TPSA) is 82.4 Å². The normalized spacial score (nSPS) is 14.9. The monoisotopic (exact) mass is 315 g/mol. The Bertz CT molecular complexity index is 601. The highest BCUT2D eigenvalue weighted by Gasteiger charge is 2.25. The number of nitrogens with zero attached hydrogens (tertiary/aromatic N) is 2. The molecule has 6 nitrogen and oxygen atoms in total. The van der Waals surface area contributed by atoms with Crippen LogP contribution in [0.2, 0.25) is 0 Å². The molecule has 0 spiro atoms. The van der Waals surface area contributed by atoms with Crippen LogP contribution in [0.4, 0.5) is 0 Å². The van der Waals surface area contributed by atoms with E-state index in [0.29, 0.717) is 36.9 Å². The third kappa shape index (κ3) is 4.46. The Morgan fingerprint density at radius 2 is 2.04 bits per heavy atom. The maximum atomic E-state index is 12.6. The minimum Gasteiger partial charge on any atom is -0.496 e. The lowest BCUT2D eigenvalue weighted by atomic mass is 9.96. The second-order valence-corrected chi connectivity index (χ2v) is 5.57. The Morgan fingerprint density at radius 1 is 1.35 bits per heavy atom. The van der Waals surface area contributed by atoms with Crippen LogP contribution in [-0.4, -0.2) is 43.5 Å². The summed E-state index contributed by atoms with van der Waals surface area (Å²) in [5.74, 6) is 0.678. The Morgan fingerprint density at radius 3 is 2.70 bits per heavy atom. The first-order chi connectivity index (χ1) is 11.2. The number of benzene rings is 1. The van der Waals surface area contributed by atoms with Gasteiger partial charge < -0.3 is 15.0 Å². The fraction of sp³-hybridized carbons (Fsp3) is 0.471. The first-order valence-electron chi connectivity index (χ1n) is 7.71. The molecule has 0 radical (unpaired) electrons. The molecule has 0 saturated carbocycles. The van der Waals surface area contributed by atoms with Gasteiger partial charge in [0, 0.05) is 19.6 Å². The van der Waals surface area contributed by atoms with Gasteiger partial charge >= 0.3 is 0 Å². The summed E-state index contributed by atoms with van der Waals surface area (Å²) in [6.45, 7) is 1.89. The van der Waals surface area contributed by atoms with E-state index in [1.54, 1.807) is 19.2 Å². The molecule has 0 atom stereocenters. The highest BCUT2D eigenvalue weighted by molar-refractivity contribution is 5.97. The van der Waals surface area contributed by atoms with Gasteiger partial charge in [-0.2, -0.15) is 5.26 Å². The molecule has 1 aliphatic heterocycles. The van der Waals surface area contributed by atoms with E-state index in [0.717, 1.165) is 12.8 Å². The van der Waals surface area contributed by atoms with Crippen molar-refractivity contribution >= 4 is 11.8 Å². The number of nitrogens with one attached hydrogen (secondary N) is 1. The van der Waals surface area contributed by atoms with Crippen molar-refractivity contribution in [1.82, 2.24) is 10.2 Å². The van der Waals surface area contributed by atoms with Crippen molar-refractivity contribution < 1.29 is 14.3 Å². The number of hydrogen-bond acceptors (Lipinski definition) is 4. The molecule has 0 bridgehead atoms. The van der Waals surface area contributed by atoms with Crippen LogP contribution in [0.3, 0.4) is 0 Å². The van der Waals surface area contributed by atoms with Crippen LogP contribution in [0.15, 0.2) is 24.3 Å². The lowest BCUT2D eigenvalue weighted by molar-refractivity contribution is -0.120. The number of para-hydroxylation sites is 1. The van der Waals surface area contributed by atoms with Gasteiger partial charge in [0.15, 0.2) is 0 Å². The molecule has 2 rings (SSSR count). The molecule has 1 heterocycles. The molecular formula is C17H21N3O3. The molecule has 2 amide bonds. The number of carbonyl (C=O) groups excluding carboxylic acids is 2. The van der Waals surface area contributed by atoms with Gasteiger partial charge in [0.05, 0.1) is 18.7 Å². The summed E-state index contributed by atoms with van der Waals surface area (Å²) in [6, 6.07) is 9.05. The largest absolute Gasteiger partial charge is 0.496 e. The molecule has 1 aliphatic rings. The molecule has 6 heteroatoms. The van der Waals surface area contributed by atoms with E-state index < -0.39 is 0 Å². The molecule has 122 valence electrons. The maximum Gasteiger partial charge on any atom is 0.257 e. The van der Waals surface area contributed by atoms with Crippen molar-refractivity contribution in [2.24, 2.45) is 5.92 Å². The van der Waals surface area contributed by atoms with Gasteiger partial charge in [-0.25, -0.2) is 0 Å². The maximum absolute atomic E-state index is 12.6. The first-order valence-corrected chi connectivity index (χ1v) is 7.71. The number of nitriles is 1. The lowest BCUT2D eigenvalue weighted by Crippen LogP contribution is -2.41. The Hall–Kier alpha value is -2.55. The third-order valence-electron chi connectivity index (χ3n) is 4.07. The molecule has 1 aromatic rings. The van der Waals surface area contributed by atoms with Crippen LogP contribution in [0.25, 0.3) is 0 Å². The number of methoxy groups -OCH3 is 1. The average Bonchev–Trinajstić information content (AvgIpc) is 2.60. The van der Waals surface area contributed by atoms with Gasteiger partial charge in [0.2, 0.25) is 5.91 Å². The predicted molar refractivity (Wildman–Crippen MR) is 84.9 cm³/mol. The summed E-state index contributed by atoms with van der Waals surface area (Å²) in [5, 5.41) is 11.2. The quantitative estimate of drug-likeness (QED) is 0.894. The van der Waals surface area contributed by atoms with Crippen LogP contribution < -0.4 is 10.1 Å². The zero-order valence-electron chi connectivity index (χ0n) is 13.2. The number of likely N-dealkylation sites (tertiary alicyclic amines) is 1. The van der Waals surface area contributed by atoms with Crippen LogP contribution in [0.1, 0.15) is 29.6 Å². The lowest BCUT2D eigenvalue weighted by Gasteiger charge is -2.32. The van der Waals surface area contributed by atoms with Gasteiger partial charge in [-0.05, 0) is 30.9 Å². The summed E-state index contributed by atoms with van der Waals surface area (Å²) >= 11 is 0. The van der Waals surface area contributed by atoms with Gasteiger partial charge in [0.25, 0.3) is 5.91 Å². The van der Waals surface area contributed by atoms with Crippen LogP contribution in [-0.2, 0) is 4.79 Å². The van der Waals surface area contributed by atoms with E-state index in [1.165, 1.54) is 0 Å². The second kappa shape index (κ2) is 8.18. The van der Waals surface area contributed by atoms with Crippen molar-refractivity contribution in [3.05, 3.63) is 29.8 Å². The zero-order valence-corrected chi connectivity index (χ0v) is 13.2. The van der Waals surface area contributed by atoms with Gasteiger partial charge in [-0.15, -0.1) is 0 Å². The van der Waals surface area contributed by atoms with Crippen LogP contribution in [0, 0.1) is 17.2 Å². The first kappa shape index (κ1) is 16.8. The van der Waals surface area contributed by atoms with Gasteiger partial charge in [0.1, 0.15) is 12.2 Å². The zero-order chi connectivity index (χ0) is 16.7. The summed E-state index contributed by atoms with van der Waals surface area (Å²) in [5.41, 5.74) is 0.579. The number of amides is 2. The molecule has 23 heavy (non-hydrogen) atoms. The van der Waals surface area contributed by atoms with Gasteiger partial charge in [-0.3, -0.25) is 9.59 Å². The molecule has 0 unspecified atom stereocenters. The number of rotatable bonds is 5. The molecule has 1 saturated heterocycles. The third-order valence-corrected chi connectivity index (χ3v) is 4.07. The fourth-order valence-corrected chi connectivity index (χ4v) is 2.72. The summed E-state index contributed by atoms with van der Waals surface area (Å²) in [7, 11) is 1.56. The van der Waals surface area contributed by atoms with E-state index in [-0.39, 0.29) is 18.2 Å². The predicted octanol–water partition coefficient (Wildman–Crippen LogP) is 1.58. The summed E-state index contributed by atoms with van der Waals surface area (Å²) < 4.78 is 5.24. The Kier molecular flexibility index (Phi) is 5.98. The standard InChI is InChI=1S/C17H21N3O3/c1-23-15-5-3-2-4-14(15)17(22)20-10-7-13(8-11-20)12-19-16(21)6-9-18/h2-5,13H,6-8,10-12H2,1H3,(H,19,21). The van der Waals surface area contributed by atoms with Crippen molar-refractivity contribution in [3.8, 4) is 11.8 Å². The van der Waals surface area contributed by atoms with Crippen molar-refractivity contribution in [3.63, 3.8) is 0 Å². The molecule has 1 N–H and O–H groups in total. The molecule has 0 aromatic heterocycles. The SMILES string of the molecule is COc1ccccc1C(=O)N1CCC(CNC(=O)CC#N)CC1. The number of piperidine rings is 1. The van der Waals surface area contributed by atoms with Crippen LogP contribution in [0.5, 0.6) is 5.75 Å². The molecule has 1 aromatic carbocycles. The number of hydrogen-bond donors (Lipinski definition) is 1. The van der Waals surface area contributed by atoms with Crippen molar-refractivity contribution in [2.45, 2.75) is 19.3 Å². The minimum atomic E-state index is -0.236. The summed E-state index contributed by atoms with van der Waals surface area (Å²) in [4.78, 5) is 25.7. The fourth-order valence-electron chi connectivity index (χ4n) is 2.72. The van der Waals surface area contributed by atoms with E-state index in [4.69, 9.17) is 10.00 Å². The number of ether oxygens (including phenoxy) is 1. The summed E-state index contributed by atoms with van der Waals surface area (Å²) in [6.07, 6.45) is 1.58. The van der Waals surface area contributed by atoms with Gasteiger partial charge in [-0.1, -0.05) is 12.1 Å². The van der Waals surface area contributed by atoms with E-state index >= 15 is 0 Å². The molecule has 0 aliphatic carbocycles. The molecular weight excluding hydrogens is 294 g/mol. The number of carbonyl (C=O) groups is 2. The minimum absolute atomic E-state index is 0.0191.